The molecule has 0 aliphatic carbocycles. The highest BCUT2D eigenvalue weighted by Gasteiger charge is 2.17. The van der Waals surface area contributed by atoms with Gasteiger partial charge in [0.05, 0.1) is 0 Å². The van der Waals surface area contributed by atoms with Gasteiger partial charge in [0.15, 0.2) is 0 Å². The van der Waals surface area contributed by atoms with Crippen LogP contribution in [-0.2, 0) is 0 Å². The molecule has 1 heteroatoms. The van der Waals surface area contributed by atoms with E-state index in [-0.39, 0.29) is 0 Å². The van der Waals surface area contributed by atoms with Crippen LogP contribution < -0.4 is 0 Å². The topological polar surface area (TPSA) is 12.9 Å². The smallest absolute Gasteiger partial charge is 0.0434 e. The van der Waals surface area contributed by atoms with Gasteiger partial charge in [-0.1, -0.05) is 33.8 Å². The lowest BCUT2D eigenvalue weighted by atomic mass is 9.84. The molecule has 1 aromatic rings. The van der Waals surface area contributed by atoms with E-state index in [0.717, 1.165) is 5.92 Å². The first-order valence-corrected chi connectivity index (χ1v) is 5.04. The van der Waals surface area contributed by atoms with Crippen LogP contribution in [0.4, 0.5) is 0 Å². The quantitative estimate of drug-likeness (QED) is 0.689. The molecule has 2 unspecified atom stereocenters. The largest absolute Gasteiger partial charge is 0.261 e. The van der Waals surface area contributed by atoms with E-state index >= 15 is 0 Å². The Labute approximate surface area is 81.2 Å². The van der Waals surface area contributed by atoms with Gasteiger partial charge in [-0.3, -0.25) is 4.98 Å². The number of pyridine rings is 1. The molecule has 13 heavy (non-hydrogen) atoms. The summed E-state index contributed by atoms with van der Waals surface area (Å²) >= 11 is 0. The van der Waals surface area contributed by atoms with Gasteiger partial charge in [0.1, 0.15) is 0 Å². The highest BCUT2D eigenvalue weighted by molar-refractivity contribution is 5.09. The summed E-state index contributed by atoms with van der Waals surface area (Å²) in [5, 5.41) is 0. The van der Waals surface area contributed by atoms with E-state index in [1.165, 1.54) is 5.69 Å². The summed E-state index contributed by atoms with van der Waals surface area (Å²) in [5.74, 6) is 1.97. The van der Waals surface area contributed by atoms with Gasteiger partial charge in [-0.25, -0.2) is 0 Å². The molecule has 1 rings (SSSR count). The number of aromatic nitrogens is 1. The molecular weight excluding hydrogens is 158 g/mol. The zero-order valence-electron chi connectivity index (χ0n) is 8.99. The van der Waals surface area contributed by atoms with Gasteiger partial charge in [-0.15, -0.1) is 0 Å². The summed E-state index contributed by atoms with van der Waals surface area (Å²) in [6.45, 7) is 9.09. The Hall–Kier alpha value is -0.850. The van der Waals surface area contributed by atoms with E-state index < -0.39 is 0 Å². The van der Waals surface area contributed by atoms with Crippen molar-refractivity contribution in [2.45, 2.75) is 33.6 Å². The molecule has 0 amide bonds. The summed E-state index contributed by atoms with van der Waals surface area (Å²) in [7, 11) is 0. The van der Waals surface area contributed by atoms with Crippen LogP contribution in [0.2, 0.25) is 0 Å². The number of nitrogens with zero attached hydrogens (tertiary/aromatic N) is 1. The fourth-order valence-electron chi connectivity index (χ4n) is 1.49. The van der Waals surface area contributed by atoms with Crippen LogP contribution in [-0.4, -0.2) is 4.98 Å². The van der Waals surface area contributed by atoms with Gasteiger partial charge in [0.25, 0.3) is 0 Å². The molecule has 0 fully saturated rings. The summed E-state index contributed by atoms with van der Waals surface area (Å²) in [4.78, 5) is 4.38. The fraction of sp³-hybridized carbons (Fsp3) is 0.583. The van der Waals surface area contributed by atoms with Crippen LogP contribution in [0.15, 0.2) is 24.4 Å². The standard InChI is InChI=1S/C12H19N/c1-9(2)10(3)11(4)12-7-5-6-8-13-12/h5-11H,1-4H3. The minimum Gasteiger partial charge on any atom is -0.261 e. The van der Waals surface area contributed by atoms with Gasteiger partial charge < -0.3 is 0 Å². The first-order valence-electron chi connectivity index (χ1n) is 5.04. The molecule has 0 N–H and O–H groups in total. The van der Waals surface area contributed by atoms with Gasteiger partial charge in [-0.05, 0) is 24.0 Å². The van der Waals surface area contributed by atoms with Crippen LogP contribution in [0.1, 0.15) is 39.3 Å². The molecule has 1 nitrogen and oxygen atoms in total. The predicted molar refractivity (Wildman–Crippen MR) is 56.7 cm³/mol. The Morgan fingerprint density at radius 2 is 1.77 bits per heavy atom. The van der Waals surface area contributed by atoms with Gasteiger partial charge in [-0.2, -0.15) is 0 Å². The highest BCUT2D eigenvalue weighted by Crippen LogP contribution is 2.27. The third kappa shape index (κ3) is 2.55. The minimum atomic E-state index is 0.557. The maximum Gasteiger partial charge on any atom is 0.0434 e. The Morgan fingerprint density at radius 3 is 2.23 bits per heavy atom. The van der Waals surface area contributed by atoms with E-state index in [1.807, 2.05) is 12.3 Å². The summed E-state index contributed by atoms with van der Waals surface area (Å²) < 4.78 is 0. The number of hydrogen-bond donors (Lipinski definition) is 0. The Balaban J connectivity index is 2.73. The molecule has 0 radical (unpaired) electrons. The average molecular weight is 177 g/mol. The van der Waals surface area contributed by atoms with Crippen LogP contribution in [0, 0.1) is 11.8 Å². The molecule has 0 saturated heterocycles. The second kappa shape index (κ2) is 4.40. The van der Waals surface area contributed by atoms with E-state index in [4.69, 9.17) is 0 Å². The normalized spacial score (nSPS) is 15.8. The van der Waals surface area contributed by atoms with Crippen molar-refractivity contribution in [2.75, 3.05) is 0 Å². The first-order chi connectivity index (χ1) is 6.13. The van der Waals surface area contributed by atoms with Crippen LogP contribution in [0.25, 0.3) is 0 Å². The summed E-state index contributed by atoms with van der Waals surface area (Å²) in [6.07, 6.45) is 1.87. The molecule has 0 aromatic carbocycles. The minimum absolute atomic E-state index is 0.557. The van der Waals surface area contributed by atoms with Crippen molar-refractivity contribution in [3.63, 3.8) is 0 Å². The Bertz CT molecular complexity index is 241. The maximum atomic E-state index is 4.38. The highest BCUT2D eigenvalue weighted by atomic mass is 14.7. The Kier molecular flexibility index (Phi) is 3.47. The lowest BCUT2D eigenvalue weighted by Crippen LogP contribution is -2.13. The molecule has 2 atom stereocenters. The summed E-state index contributed by atoms with van der Waals surface area (Å²) in [5.41, 5.74) is 1.21. The van der Waals surface area contributed by atoms with Crippen molar-refractivity contribution >= 4 is 0 Å². The van der Waals surface area contributed by atoms with E-state index in [1.54, 1.807) is 0 Å². The first kappa shape index (κ1) is 10.2. The van der Waals surface area contributed by atoms with Crippen molar-refractivity contribution in [1.82, 2.24) is 4.98 Å². The van der Waals surface area contributed by atoms with Crippen molar-refractivity contribution in [2.24, 2.45) is 11.8 Å². The molecule has 0 aliphatic heterocycles. The predicted octanol–water partition coefficient (Wildman–Crippen LogP) is 3.48. The second-order valence-corrected chi connectivity index (χ2v) is 4.15. The fourth-order valence-corrected chi connectivity index (χ4v) is 1.49. The number of hydrogen-bond acceptors (Lipinski definition) is 1. The van der Waals surface area contributed by atoms with Crippen LogP contribution in [0.3, 0.4) is 0 Å². The summed E-state index contributed by atoms with van der Waals surface area (Å²) in [6, 6.07) is 6.14. The molecular formula is C12H19N. The molecule has 1 aromatic heterocycles. The molecule has 0 spiro atoms. The lowest BCUT2D eigenvalue weighted by Gasteiger charge is -2.22. The molecule has 72 valence electrons. The monoisotopic (exact) mass is 177 g/mol. The molecule has 0 bridgehead atoms. The van der Waals surface area contributed by atoms with Crippen molar-refractivity contribution in [3.8, 4) is 0 Å². The third-order valence-electron chi connectivity index (χ3n) is 2.99. The lowest BCUT2D eigenvalue weighted by molar-refractivity contribution is 0.358. The van der Waals surface area contributed by atoms with Crippen LogP contribution in [0.5, 0.6) is 0 Å². The van der Waals surface area contributed by atoms with Gasteiger partial charge in [0.2, 0.25) is 0 Å². The zero-order chi connectivity index (χ0) is 9.84. The third-order valence-corrected chi connectivity index (χ3v) is 2.99. The maximum absolute atomic E-state index is 4.38. The van der Waals surface area contributed by atoms with E-state index in [2.05, 4.69) is 44.8 Å². The Morgan fingerprint density at radius 1 is 1.08 bits per heavy atom. The SMILES string of the molecule is CC(C)C(C)C(C)c1ccccn1. The second-order valence-electron chi connectivity index (χ2n) is 4.15. The van der Waals surface area contributed by atoms with Crippen molar-refractivity contribution in [1.29, 1.82) is 0 Å². The van der Waals surface area contributed by atoms with Gasteiger partial charge in [0, 0.05) is 17.8 Å². The molecule has 1 heterocycles. The van der Waals surface area contributed by atoms with Gasteiger partial charge >= 0.3 is 0 Å². The molecule has 0 saturated carbocycles. The van der Waals surface area contributed by atoms with E-state index in [0.29, 0.717) is 11.8 Å². The van der Waals surface area contributed by atoms with Crippen molar-refractivity contribution < 1.29 is 0 Å². The van der Waals surface area contributed by atoms with Crippen LogP contribution >= 0.6 is 0 Å². The molecule has 0 aliphatic rings. The van der Waals surface area contributed by atoms with Crippen molar-refractivity contribution in [3.05, 3.63) is 30.1 Å². The zero-order valence-corrected chi connectivity index (χ0v) is 8.99. The van der Waals surface area contributed by atoms with E-state index in [9.17, 15) is 0 Å². The average Bonchev–Trinajstić information content (AvgIpc) is 2.17. The number of rotatable bonds is 3.